The molecule has 4 aliphatic carbocycles. The minimum Gasteiger partial charge on any atom is -0.355 e. The molecule has 4 saturated carbocycles. The number of aromatic nitrogens is 2. The normalized spacial score (nSPS) is 32.4. The molecule has 0 atom stereocenters. The smallest absolute Gasteiger partial charge is 0.241 e. The van der Waals surface area contributed by atoms with Crippen molar-refractivity contribution in [3.05, 3.63) is 11.3 Å². The topological polar surface area (TPSA) is 76.0 Å². The first-order valence-electron chi connectivity index (χ1n) is 10.8. The van der Waals surface area contributed by atoms with Gasteiger partial charge in [-0.3, -0.25) is 9.59 Å². The Morgan fingerprint density at radius 3 is 2.46 bits per heavy atom. The van der Waals surface area contributed by atoms with E-state index < -0.39 is 0 Å². The number of carbonyl (C=O) groups excluding carboxylic acids is 2. The molecule has 4 bridgehead atoms. The Bertz CT molecular complexity index is 767. The number of hydrogen-bond acceptors (Lipinski definition) is 4. The lowest BCUT2D eigenvalue weighted by atomic mass is 9.49. The van der Waals surface area contributed by atoms with Crippen LogP contribution < -0.4 is 10.6 Å². The minimum absolute atomic E-state index is 0.0408. The highest BCUT2D eigenvalue weighted by Crippen LogP contribution is 2.60. The van der Waals surface area contributed by atoms with E-state index in [0.717, 1.165) is 72.0 Å². The molecule has 0 radical (unpaired) electrons. The zero-order valence-electron chi connectivity index (χ0n) is 16.6. The average molecular weight is 403 g/mol. The second-order valence-electron chi connectivity index (χ2n) is 9.43. The summed E-state index contributed by atoms with van der Waals surface area (Å²) in [7, 11) is 0. The van der Waals surface area contributed by atoms with Gasteiger partial charge >= 0.3 is 0 Å². The number of amides is 2. The van der Waals surface area contributed by atoms with Crippen LogP contribution in [0, 0.1) is 23.2 Å². The third-order valence-electron chi connectivity index (χ3n) is 7.24. The molecule has 1 aromatic rings. The molecule has 1 aromatic heterocycles. The summed E-state index contributed by atoms with van der Waals surface area (Å²) in [5.41, 5.74) is 1.95. The van der Waals surface area contributed by atoms with E-state index in [1.807, 2.05) is 18.7 Å². The monoisotopic (exact) mass is 402 g/mol. The van der Waals surface area contributed by atoms with E-state index in [-0.39, 0.29) is 23.8 Å². The summed E-state index contributed by atoms with van der Waals surface area (Å²) in [6.45, 7) is 2.88. The maximum atomic E-state index is 13.5. The van der Waals surface area contributed by atoms with Crippen LogP contribution in [0.2, 0.25) is 0 Å². The molecule has 2 heterocycles. The summed E-state index contributed by atoms with van der Waals surface area (Å²) >= 11 is 1.82. The maximum absolute atomic E-state index is 13.5. The minimum atomic E-state index is -0.188. The van der Waals surface area contributed by atoms with E-state index in [0.29, 0.717) is 6.54 Å². The van der Waals surface area contributed by atoms with Gasteiger partial charge in [-0.05, 0) is 62.7 Å². The molecule has 0 saturated heterocycles. The number of carbonyl (C=O) groups is 2. The van der Waals surface area contributed by atoms with Crippen LogP contribution in [0.15, 0.2) is 0 Å². The van der Waals surface area contributed by atoms with Gasteiger partial charge in [0.1, 0.15) is 12.4 Å². The summed E-state index contributed by atoms with van der Waals surface area (Å²) in [6, 6.07) is 0. The third kappa shape index (κ3) is 3.15. The van der Waals surface area contributed by atoms with Gasteiger partial charge in [-0.1, -0.05) is 6.92 Å². The fraction of sp³-hybridized carbons (Fsp3) is 0.762. The lowest BCUT2D eigenvalue weighted by molar-refractivity contribution is -0.140. The SMILES string of the molecule is CCCNC(=O)Cn1nc2c(c1NC(=O)C13CC4CC(CC(C4)C1)C3)CSC2. The van der Waals surface area contributed by atoms with Crippen molar-refractivity contribution >= 4 is 29.4 Å². The van der Waals surface area contributed by atoms with Crippen molar-refractivity contribution in [2.24, 2.45) is 23.2 Å². The standard InChI is InChI=1S/C21H30N4O2S/c1-2-3-22-18(26)10-25-19(16-11-28-12-17(16)24-25)23-20(27)21-7-13-4-14(8-21)6-15(5-13)9-21/h13-15H,2-12H2,1H3,(H,22,26)(H,23,27). The van der Waals surface area contributed by atoms with Gasteiger partial charge < -0.3 is 10.6 Å². The van der Waals surface area contributed by atoms with Crippen LogP contribution in [0.25, 0.3) is 0 Å². The van der Waals surface area contributed by atoms with Gasteiger partial charge in [0, 0.05) is 23.6 Å². The molecule has 28 heavy (non-hydrogen) atoms. The van der Waals surface area contributed by atoms with Crippen molar-refractivity contribution in [3.63, 3.8) is 0 Å². The molecule has 1 aliphatic heterocycles. The zero-order chi connectivity index (χ0) is 19.3. The Balaban J connectivity index is 1.37. The molecule has 5 aliphatic rings. The molecule has 6 nitrogen and oxygen atoms in total. The van der Waals surface area contributed by atoms with Crippen LogP contribution in [-0.2, 0) is 27.6 Å². The van der Waals surface area contributed by atoms with Crippen molar-refractivity contribution in [1.29, 1.82) is 0 Å². The highest BCUT2D eigenvalue weighted by atomic mass is 32.2. The van der Waals surface area contributed by atoms with E-state index in [1.54, 1.807) is 4.68 Å². The van der Waals surface area contributed by atoms with Crippen LogP contribution in [0.4, 0.5) is 5.82 Å². The zero-order valence-corrected chi connectivity index (χ0v) is 17.4. The molecule has 4 fully saturated rings. The number of rotatable bonds is 6. The summed E-state index contributed by atoms with van der Waals surface area (Å²) in [4.78, 5) is 25.8. The number of thioether (sulfide) groups is 1. The first kappa shape index (κ1) is 18.5. The van der Waals surface area contributed by atoms with Crippen molar-refractivity contribution in [3.8, 4) is 0 Å². The quantitative estimate of drug-likeness (QED) is 0.765. The third-order valence-corrected chi connectivity index (χ3v) is 8.21. The Morgan fingerprint density at radius 1 is 1.14 bits per heavy atom. The number of anilines is 1. The molecule has 0 unspecified atom stereocenters. The van der Waals surface area contributed by atoms with Crippen molar-refractivity contribution < 1.29 is 9.59 Å². The van der Waals surface area contributed by atoms with Crippen molar-refractivity contribution in [2.75, 3.05) is 11.9 Å². The lowest BCUT2D eigenvalue weighted by Crippen LogP contribution is -2.52. The van der Waals surface area contributed by atoms with E-state index in [2.05, 4.69) is 15.7 Å². The molecular weight excluding hydrogens is 372 g/mol. The Morgan fingerprint density at radius 2 is 1.82 bits per heavy atom. The molecular formula is C21H30N4O2S. The van der Waals surface area contributed by atoms with Gasteiger partial charge in [0.15, 0.2) is 0 Å². The highest BCUT2D eigenvalue weighted by Gasteiger charge is 2.54. The van der Waals surface area contributed by atoms with Gasteiger partial charge in [0.25, 0.3) is 0 Å². The van der Waals surface area contributed by atoms with Gasteiger partial charge in [-0.15, -0.1) is 0 Å². The average Bonchev–Trinajstić information content (AvgIpc) is 3.21. The Labute approximate surface area is 170 Å². The predicted molar refractivity (Wildman–Crippen MR) is 110 cm³/mol. The number of nitrogens with zero attached hydrogens (tertiary/aromatic N) is 2. The second kappa shape index (κ2) is 7.08. The molecule has 7 heteroatoms. The maximum Gasteiger partial charge on any atom is 0.241 e. The van der Waals surface area contributed by atoms with Gasteiger partial charge in [-0.25, -0.2) is 4.68 Å². The number of fused-ring (bicyclic) bond motifs is 1. The molecule has 152 valence electrons. The lowest BCUT2D eigenvalue weighted by Gasteiger charge is -2.55. The van der Waals surface area contributed by atoms with Gasteiger partial charge in [0.05, 0.1) is 11.1 Å². The second-order valence-corrected chi connectivity index (χ2v) is 10.4. The summed E-state index contributed by atoms with van der Waals surface area (Å²) in [6.07, 6.45) is 8.04. The predicted octanol–water partition coefficient (Wildman–Crippen LogP) is 3.31. The summed E-state index contributed by atoms with van der Waals surface area (Å²) in [5.74, 6) is 4.85. The molecule has 2 N–H and O–H groups in total. The Hall–Kier alpha value is -1.50. The largest absolute Gasteiger partial charge is 0.355 e. The summed E-state index contributed by atoms with van der Waals surface area (Å²) < 4.78 is 1.73. The van der Waals surface area contributed by atoms with Gasteiger partial charge in [0.2, 0.25) is 11.8 Å². The van der Waals surface area contributed by atoms with E-state index in [4.69, 9.17) is 0 Å². The first-order chi connectivity index (χ1) is 13.6. The molecule has 0 aromatic carbocycles. The van der Waals surface area contributed by atoms with Crippen LogP contribution >= 0.6 is 11.8 Å². The fourth-order valence-electron chi connectivity index (χ4n) is 6.41. The van der Waals surface area contributed by atoms with E-state index >= 15 is 0 Å². The fourth-order valence-corrected chi connectivity index (χ4v) is 7.44. The van der Waals surface area contributed by atoms with Gasteiger partial charge in [-0.2, -0.15) is 16.9 Å². The number of hydrogen-bond donors (Lipinski definition) is 2. The molecule has 2 amide bonds. The molecule has 0 spiro atoms. The van der Waals surface area contributed by atoms with E-state index in [9.17, 15) is 9.59 Å². The van der Waals surface area contributed by atoms with Crippen LogP contribution in [0.5, 0.6) is 0 Å². The number of nitrogens with one attached hydrogen (secondary N) is 2. The summed E-state index contributed by atoms with van der Waals surface area (Å²) in [5, 5.41) is 10.9. The van der Waals surface area contributed by atoms with Crippen LogP contribution in [0.1, 0.15) is 63.1 Å². The van der Waals surface area contributed by atoms with Crippen LogP contribution in [-0.4, -0.2) is 28.1 Å². The highest BCUT2D eigenvalue weighted by molar-refractivity contribution is 7.98. The van der Waals surface area contributed by atoms with Crippen LogP contribution in [0.3, 0.4) is 0 Å². The molecule has 6 rings (SSSR count). The van der Waals surface area contributed by atoms with Crippen molar-refractivity contribution in [1.82, 2.24) is 15.1 Å². The van der Waals surface area contributed by atoms with Crippen molar-refractivity contribution in [2.45, 2.75) is 69.9 Å². The van der Waals surface area contributed by atoms with E-state index in [1.165, 1.54) is 19.3 Å². The first-order valence-corrected chi connectivity index (χ1v) is 12.0. The Kier molecular flexibility index (Phi) is 4.68.